The predicted molar refractivity (Wildman–Crippen MR) is 119 cm³/mol. The van der Waals surface area contributed by atoms with Gasteiger partial charge in [-0.05, 0) is 47.6 Å². The highest BCUT2D eigenvalue weighted by atomic mass is 79.9. The van der Waals surface area contributed by atoms with E-state index in [1.165, 1.54) is 0 Å². The molecule has 0 saturated carbocycles. The van der Waals surface area contributed by atoms with E-state index in [-0.39, 0.29) is 5.65 Å². The number of H-pyrrole nitrogens is 1. The number of aryl methyl sites for hydroxylation is 1. The molecule has 0 atom stereocenters. The Bertz CT molecular complexity index is 1370. The molecule has 9 nitrogen and oxygen atoms in total. The molecule has 0 saturated heterocycles. The monoisotopic (exact) mass is 462 g/mol. The smallest absolute Gasteiger partial charge is 0.245 e. The van der Waals surface area contributed by atoms with E-state index in [0.29, 0.717) is 17.3 Å². The van der Waals surface area contributed by atoms with Crippen molar-refractivity contribution in [2.75, 3.05) is 10.7 Å². The molecule has 148 valence electrons. The molecule has 3 N–H and O–H groups in total. The molecule has 2 aromatic carbocycles. The highest BCUT2D eigenvalue weighted by molar-refractivity contribution is 9.10. The number of hydrogen-bond acceptors (Lipinski definition) is 8. The second-order valence-electron chi connectivity index (χ2n) is 6.54. The van der Waals surface area contributed by atoms with Crippen LogP contribution in [0.5, 0.6) is 0 Å². The number of para-hydroxylation sites is 1. The molecule has 0 fully saturated rings. The van der Waals surface area contributed by atoms with Crippen molar-refractivity contribution >= 4 is 61.7 Å². The van der Waals surface area contributed by atoms with Crippen molar-refractivity contribution in [3.05, 3.63) is 64.3 Å². The number of rotatable bonds is 5. The summed E-state index contributed by atoms with van der Waals surface area (Å²) >= 11 is 3.43. The van der Waals surface area contributed by atoms with Gasteiger partial charge >= 0.3 is 0 Å². The Kier molecular flexibility index (Phi) is 4.60. The molecule has 3 heterocycles. The number of hydrogen-bond donors (Lipinski definition) is 3. The third-order valence-electron chi connectivity index (χ3n) is 4.53. The molecule has 0 unspecified atom stereocenters. The van der Waals surface area contributed by atoms with Crippen LogP contribution in [-0.2, 0) is 0 Å². The zero-order valence-corrected chi connectivity index (χ0v) is 17.3. The number of fused-ring (bicyclic) bond motifs is 2. The van der Waals surface area contributed by atoms with Crippen molar-refractivity contribution in [1.29, 1.82) is 0 Å². The van der Waals surface area contributed by atoms with E-state index in [1.807, 2.05) is 55.5 Å². The molecule has 0 aliphatic rings. The van der Waals surface area contributed by atoms with Crippen LogP contribution in [0.2, 0.25) is 0 Å². The SMILES string of the molecule is Cc1[nH]c2ccccc2c1/C=N/Nc1nc2nonc2nc1Nc1ccc(Br)cc1. The van der Waals surface area contributed by atoms with Crippen LogP contribution in [-0.4, -0.2) is 31.5 Å². The van der Waals surface area contributed by atoms with Crippen LogP contribution >= 0.6 is 15.9 Å². The number of nitrogens with one attached hydrogen (secondary N) is 3. The fourth-order valence-corrected chi connectivity index (χ4v) is 3.36. The molecule has 0 radical (unpaired) electrons. The summed E-state index contributed by atoms with van der Waals surface area (Å²) in [5, 5.41) is 16.2. The molecule has 3 aromatic heterocycles. The van der Waals surface area contributed by atoms with Gasteiger partial charge in [-0.2, -0.15) is 10.1 Å². The summed E-state index contributed by atoms with van der Waals surface area (Å²) < 4.78 is 5.72. The summed E-state index contributed by atoms with van der Waals surface area (Å²) in [4.78, 5) is 12.2. The van der Waals surface area contributed by atoms with Gasteiger partial charge in [0, 0.05) is 32.3 Å². The summed E-state index contributed by atoms with van der Waals surface area (Å²) in [7, 11) is 0. The van der Waals surface area contributed by atoms with Gasteiger partial charge in [-0.1, -0.05) is 34.1 Å². The number of aromatic amines is 1. The Morgan fingerprint density at radius 1 is 1.00 bits per heavy atom. The minimum absolute atomic E-state index is 0.289. The van der Waals surface area contributed by atoms with E-state index < -0.39 is 0 Å². The number of benzene rings is 2. The Balaban J connectivity index is 1.47. The Morgan fingerprint density at radius 2 is 1.73 bits per heavy atom. The molecule has 10 heteroatoms. The first-order valence-corrected chi connectivity index (χ1v) is 9.86. The van der Waals surface area contributed by atoms with Gasteiger partial charge in [0.15, 0.2) is 11.6 Å². The third-order valence-corrected chi connectivity index (χ3v) is 5.06. The van der Waals surface area contributed by atoms with Crippen molar-refractivity contribution < 1.29 is 4.63 Å². The maximum Gasteiger partial charge on any atom is 0.245 e. The van der Waals surface area contributed by atoms with Gasteiger partial charge in [-0.25, -0.2) is 9.61 Å². The molecule has 30 heavy (non-hydrogen) atoms. The lowest BCUT2D eigenvalue weighted by molar-refractivity contribution is 0.314. The molecular weight excluding hydrogens is 448 g/mol. The number of anilines is 3. The Labute approximate surface area is 178 Å². The summed E-state index contributed by atoms with van der Waals surface area (Å²) in [5.74, 6) is 0.850. The second-order valence-corrected chi connectivity index (χ2v) is 7.46. The van der Waals surface area contributed by atoms with Crippen LogP contribution in [0.4, 0.5) is 17.3 Å². The first kappa shape index (κ1) is 18.3. The van der Waals surface area contributed by atoms with Gasteiger partial charge in [0.1, 0.15) is 0 Å². The Morgan fingerprint density at radius 3 is 2.53 bits per heavy atom. The van der Waals surface area contributed by atoms with Gasteiger partial charge < -0.3 is 10.3 Å². The van der Waals surface area contributed by atoms with Crippen LogP contribution < -0.4 is 10.7 Å². The van der Waals surface area contributed by atoms with Gasteiger partial charge in [0.25, 0.3) is 0 Å². The summed E-state index contributed by atoms with van der Waals surface area (Å²) in [6.45, 7) is 2.01. The molecule has 0 amide bonds. The third kappa shape index (κ3) is 3.48. The van der Waals surface area contributed by atoms with E-state index >= 15 is 0 Å². The molecule has 5 rings (SSSR count). The zero-order valence-electron chi connectivity index (χ0n) is 15.7. The molecular formula is C20H15BrN8O. The quantitative estimate of drug-likeness (QED) is 0.254. The van der Waals surface area contributed by atoms with Crippen LogP contribution in [0.15, 0.2) is 62.7 Å². The van der Waals surface area contributed by atoms with Crippen molar-refractivity contribution in [1.82, 2.24) is 25.3 Å². The van der Waals surface area contributed by atoms with E-state index in [2.05, 4.69) is 57.0 Å². The van der Waals surface area contributed by atoms with E-state index in [9.17, 15) is 0 Å². The highest BCUT2D eigenvalue weighted by Crippen LogP contribution is 2.25. The maximum absolute atomic E-state index is 4.74. The van der Waals surface area contributed by atoms with E-state index in [1.54, 1.807) is 6.21 Å². The normalized spacial score (nSPS) is 11.5. The molecule has 0 aliphatic heterocycles. The van der Waals surface area contributed by atoms with Crippen LogP contribution in [0.1, 0.15) is 11.3 Å². The van der Waals surface area contributed by atoms with Gasteiger partial charge in [-0.3, -0.25) is 5.43 Å². The number of hydrazone groups is 1. The van der Waals surface area contributed by atoms with Crippen LogP contribution in [0.25, 0.3) is 22.2 Å². The molecule has 0 aliphatic carbocycles. The van der Waals surface area contributed by atoms with Gasteiger partial charge in [-0.15, -0.1) is 0 Å². The number of aromatic nitrogens is 5. The number of halogens is 1. The predicted octanol–water partition coefficient (Wildman–Crippen LogP) is 4.75. The van der Waals surface area contributed by atoms with Crippen molar-refractivity contribution in [3.63, 3.8) is 0 Å². The lowest BCUT2D eigenvalue weighted by atomic mass is 10.1. The standard InChI is InChI=1S/C20H15BrN8O/c1-11-15(14-4-2-3-5-16(14)23-11)10-22-27-18-17(24-13-8-6-12(21)7-9-13)25-19-20(26-18)29-30-28-19/h2-10,23H,1H3,(H,24,25,28)(H,26,27,29)/b22-10+. The largest absolute Gasteiger partial charge is 0.358 e. The fraction of sp³-hybridized carbons (Fsp3) is 0.0500. The number of nitrogens with zero attached hydrogens (tertiary/aromatic N) is 5. The highest BCUT2D eigenvalue weighted by Gasteiger charge is 2.13. The summed E-state index contributed by atoms with van der Waals surface area (Å²) in [5.41, 5.74) is 7.47. The van der Waals surface area contributed by atoms with Crippen molar-refractivity contribution in [3.8, 4) is 0 Å². The first-order chi connectivity index (χ1) is 14.7. The topological polar surface area (TPSA) is 117 Å². The van der Waals surface area contributed by atoms with Gasteiger partial charge in [0.2, 0.25) is 11.3 Å². The second kappa shape index (κ2) is 7.56. The average molecular weight is 463 g/mol. The summed E-state index contributed by atoms with van der Waals surface area (Å²) in [6, 6.07) is 15.8. The van der Waals surface area contributed by atoms with Crippen LogP contribution in [0.3, 0.4) is 0 Å². The fourth-order valence-electron chi connectivity index (χ4n) is 3.10. The molecule has 5 aromatic rings. The average Bonchev–Trinajstić information content (AvgIpc) is 3.33. The van der Waals surface area contributed by atoms with E-state index in [0.717, 1.165) is 32.3 Å². The van der Waals surface area contributed by atoms with Crippen LogP contribution in [0, 0.1) is 6.92 Å². The first-order valence-electron chi connectivity index (χ1n) is 9.06. The molecule has 0 spiro atoms. The van der Waals surface area contributed by atoms with Gasteiger partial charge in [0.05, 0.1) is 6.21 Å². The molecule has 0 bridgehead atoms. The lowest BCUT2D eigenvalue weighted by Gasteiger charge is -2.09. The Hall–Kier alpha value is -3.79. The van der Waals surface area contributed by atoms with E-state index in [4.69, 9.17) is 4.63 Å². The minimum atomic E-state index is 0.289. The summed E-state index contributed by atoms with van der Waals surface area (Å²) in [6.07, 6.45) is 1.75. The lowest BCUT2D eigenvalue weighted by Crippen LogP contribution is -2.03. The van der Waals surface area contributed by atoms with Crippen molar-refractivity contribution in [2.24, 2.45) is 5.10 Å². The van der Waals surface area contributed by atoms with Crippen molar-refractivity contribution in [2.45, 2.75) is 6.92 Å². The zero-order chi connectivity index (χ0) is 20.5. The minimum Gasteiger partial charge on any atom is -0.358 e. The maximum atomic E-state index is 4.74.